The van der Waals surface area contributed by atoms with Gasteiger partial charge in [-0.05, 0) is 30.7 Å². The molecule has 1 aromatic carbocycles. The third kappa shape index (κ3) is 3.03. The molecule has 3 aromatic rings. The van der Waals surface area contributed by atoms with Gasteiger partial charge < -0.3 is 0 Å². The topological polar surface area (TPSA) is 42.0 Å². The van der Waals surface area contributed by atoms with E-state index in [2.05, 4.69) is 10.3 Å². The van der Waals surface area contributed by atoms with Gasteiger partial charge in [0.05, 0.1) is 20.1 Å². The number of nitrogens with zero attached hydrogens (tertiary/aromatic N) is 1. The lowest BCUT2D eigenvalue weighted by Crippen LogP contribution is -2.10. The van der Waals surface area contributed by atoms with Crippen LogP contribution in [-0.4, -0.2) is 10.9 Å². The van der Waals surface area contributed by atoms with Crippen molar-refractivity contribution in [2.45, 2.75) is 6.92 Å². The molecule has 1 N–H and O–H groups in total. The fourth-order valence-electron chi connectivity index (χ4n) is 1.87. The number of anilines is 1. The predicted molar refractivity (Wildman–Crippen MR) is 91.7 cm³/mol. The Kier molecular flexibility index (Phi) is 4.12. The highest BCUT2D eigenvalue weighted by Crippen LogP contribution is 2.34. The van der Waals surface area contributed by atoms with Crippen molar-refractivity contribution in [2.24, 2.45) is 0 Å². The van der Waals surface area contributed by atoms with Gasteiger partial charge in [0, 0.05) is 5.02 Å². The maximum Gasteiger partial charge on any atom is 0.259 e. The summed E-state index contributed by atoms with van der Waals surface area (Å²) < 4.78 is 1.75. The lowest BCUT2D eigenvalue weighted by atomic mass is 10.2. The van der Waals surface area contributed by atoms with Gasteiger partial charge in [-0.25, -0.2) is 4.98 Å². The molecule has 0 spiro atoms. The molecule has 3 rings (SSSR count). The number of fused-ring (bicyclic) bond motifs is 1. The van der Waals surface area contributed by atoms with Crippen LogP contribution in [0, 0.1) is 6.92 Å². The average molecular weight is 378 g/mol. The van der Waals surface area contributed by atoms with Crippen molar-refractivity contribution in [1.82, 2.24) is 4.98 Å². The molecule has 0 fully saturated rings. The minimum Gasteiger partial charge on any atom is -0.298 e. The van der Waals surface area contributed by atoms with Gasteiger partial charge in [0.25, 0.3) is 5.91 Å². The van der Waals surface area contributed by atoms with Crippen LogP contribution in [0.15, 0.2) is 18.2 Å². The molecule has 8 heteroatoms. The first-order valence-electron chi connectivity index (χ1n) is 5.77. The molecule has 2 aromatic heterocycles. The number of thiazole rings is 1. The maximum atomic E-state index is 12.2. The molecule has 0 bridgehead atoms. The van der Waals surface area contributed by atoms with Crippen molar-refractivity contribution in [2.75, 3.05) is 5.32 Å². The smallest absolute Gasteiger partial charge is 0.259 e. The molecule has 21 heavy (non-hydrogen) atoms. The van der Waals surface area contributed by atoms with E-state index in [9.17, 15) is 4.79 Å². The van der Waals surface area contributed by atoms with E-state index < -0.39 is 0 Å². The van der Waals surface area contributed by atoms with E-state index >= 15 is 0 Å². The molecular weight excluding hydrogens is 371 g/mol. The Labute approximate surface area is 143 Å². The number of aromatic nitrogens is 1. The van der Waals surface area contributed by atoms with E-state index in [0.29, 0.717) is 24.4 Å². The van der Waals surface area contributed by atoms with Crippen LogP contribution in [0.3, 0.4) is 0 Å². The molecule has 1 amide bonds. The van der Waals surface area contributed by atoms with E-state index in [0.717, 1.165) is 27.1 Å². The summed E-state index contributed by atoms with van der Waals surface area (Å²) in [5, 5.41) is 3.88. The van der Waals surface area contributed by atoms with Gasteiger partial charge in [0.1, 0.15) is 4.34 Å². The Bertz CT molecular complexity index is 857. The molecular formula is C13H7Cl3N2OS2. The summed E-state index contributed by atoms with van der Waals surface area (Å²) >= 11 is 20.3. The van der Waals surface area contributed by atoms with Gasteiger partial charge in [-0.15, -0.1) is 11.3 Å². The summed E-state index contributed by atoms with van der Waals surface area (Å²) in [6.07, 6.45) is 0. The van der Waals surface area contributed by atoms with E-state index in [1.807, 2.05) is 19.1 Å². The quantitative estimate of drug-likeness (QED) is 0.606. The Hall–Kier alpha value is -0.850. The van der Waals surface area contributed by atoms with Crippen LogP contribution in [0.4, 0.5) is 5.13 Å². The molecule has 0 atom stereocenters. The number of hydrogen-bond donors (Lipinski definition) is 1. The third-order valence-corrected chi connectivity index (χ3v) is 5.40. The van der Waals surface area contributed by atoms with Crippen molar-refractivity contribution in [3.63, 3.8) is 0 Å². The second-order valence-electron chi connectivity index (χ2n) is 4.28. The van der Waals surface area contributed by atoms with Gasteiger partial charge in [-0.2, -0.15) is 0 Å². The molecule has 0 saturated heterocycles. The van der Waals surface area contributed by atoms with Gasteiger partial charge in [0.15, 0.2) is 5.13 Å². The summed E-state index contributed by atoms with van der Waals surface area (Å²) in [6, 6.07) is 5.20. The molecule has 0 unspecified atom stereocenters. The van der Waals surface area contributed by atoms with Crippen LogP contribution in [0.1, 0.15) is 15.9 Å². The van der Waals surface area contributed by atoms with Gasteiger partial charge >= 0.3 is 0 Å². The number of carbonyl (C=O) groups excluding carboxylic acids is 1. The Morgan fingerprint density at radius 2 is 1.95 bits per heavy atom. The van der Waals surface area contributed by atoms with Gasteiger partial charge in [-0.1, -0.05) is 46.1 Å². The lowest BCUT2D eigenvalue weighted by molar-refractivity contribution is 0.102. The standard InChI is InChI=1S/C13H7Cl3N2OS2/c1-5-2-6(14)3-8-10(5)17-13(20-8)18-12(19)7-4-9(15)21-11(7)16/h2-4H,1H3,(H,17,18,19). The normalized spacial score (nSPS) is 11.0. The predicted octanol–water partition coefficient (Wildman–Crippen LogP) is 5.88. The largest absolute Gasteiger partial charge is 0.298 e. The van der Waals surface area contributed by atoms with Crippen molar-refractivity contribution >= 4 is 78.7 Å². The zero-order chi connectivity index (χ0) is 15.1. The van der Waals surface area contributed by atoms with E-state index in [1.54, 1.807) is 6.07 Å². The highest BCUT2D eigenvalue weighted by Gasteiger charge is 2.16. The Morgan fingerprint density at radius 1 is 1.19 bits per heavy atom. The molecule has 0 aliphatic rings. The first kappa shape index (κ1) is 15.1. The fourth-order valence-corrected chi connectivity index (χ4v) is 4.64. The van der Waals surface area contributed by atoms with Gasteiger partial charge in [-0.3, -0.25) is 10.1 Å². The number of aryl methyl sites for hydroxylation is 1. The summed E-state index contributed by atoms with van der Waals surface area (Å²) in [5.41, 5.74) is 2.14. The monoisotopic (exact) mass is 376 g/mol. The SMILES string of the molecule is Cc1cc(Cl)cc2sc(NC(=O)c3cc(Cl)sc3Cl)nc12. The second kappa shape index (κ2) is 5.74. The summed E-state index contributed by atoms with van der Waals surface area (Å²) in [6.45, 7) is 1.93. The summed E-state index contributed by atoms with van der Waals surface area (Å²) in [5.74, 6) is -0.328. The number of carbonyl (C=O) groups is 1. The first-order chi connectivity index (χ1) is 9.94. The Morgan fingerprint density at radius 3 is 2.62 bits per heavy atom. The fraction of sp³-hybridized carbons (Fsp3) is 0.0769. The number of amides is 1. The van der Waals surface area contributed by atoms with Gasteiger partial charge in [0.2, 0.25) is 0 Å². The van der Waals surface area contributed by atoms with Crippen molar-refractivity contribution in [3.05, 3.63) is 43.0 Å². The molecule has 0 radical (unpaired) electrons. The average Bonchev–Trinajstić information content (AvgIpc) is 2.92. The van der Waals surface area contributed by atoms with Crippen LogP contribution in [0.25, 0.3) is 10.2 Å². The molecule has 0 aliphatic heterocycles. The van der Waals surface area contributed by atoms with Crippen LogP contribution >= 0.6 is 57.5 Å². The third-order valence-electron chi connectivity index (χ3n) is 2.77. The highest BCUT2D eigenvalue weighted by molar-refractivity contribution is 7.22. The molecule has 108 valence electrons. The number of rotatable bonds is 2. The van der Waals surface area contributed by atoms with Crippen molar-refractivity contribution in [1.29, 1.82) is 0 Å². The van der Waals surface area contributed by atoms with Crippen molar-refractivity contribution < 1.29 is 4.79 Å². The minimum atomic E-state index is -0.328. The molecule has 0 saturated carbocycles. The Balaban J connectivity index is 1.93. The molecule has 2 heterocycles. The molecule has 3 nitrogen and oxygen atoms in total. The number of thiophene rings is 1. The van der Waals surface area contributed by atoms with Crippen LogP contribution in [0.2, 0.25) is 13.7 Å². The number of hydrogen-bond acceptors (Lipinski definition) is 4. The zero-order valence-corrected chi connectivity index (χ0v) is 14.4. The van der Waals surface area contributed by atoms with E-state index in [-0.39, 0.29) is 5.91 Å². The number of benzene rings is 1. The van der Waals surface area contributed by atoms with Crippen molar-refractivity contribution in [3.8, 4) is 0 Å². The zero-order valence-electron chi connectivity index (χ0n) is 10.5. The molecule has 0 aliphatic carbocycles. The first-order valence-corrected chi connectivity index (χ1v) is 8.53. The number of nitrogens with one attached hydrogen (secondary N) is 1. The number of halogens is 3. The van der Waals surface area contributed by atoms with E-state index in [4.69, 9.17) is 34.8 Å². The summed E-state index contributed by atoms with van der Waals surface area (Å²) in [7, 11) is 0. The summed E-state index contributed by atoms with van der Waals surface area (Å²) in [4.78, 5) is 16.6. The highest BCUT2D eigenvalue weighted by atomic mass is 35.5. The lowest BCUT2D eigenvalue weighted by Gasteiger charge is -1.98. The second-order valence-corrected chi connectivity index (χ2v) is 8.03. The van der Waals surface area contributed by atoms with Crippen LogP contribution < -0.4 is 5.32 Å². The van der Waals surface area contributed by atoms with Crippen LogP contribution in [0.5, 0.6) is 0 Å². The minimum absolute atomic E-state index is 0.328. The maximum absolute atomic E-state index is 12.2. The van der Waals surface area contributed by atoms with E-state index in [1.165, 1.54) is 11.3 Å². The van der Waals surface area contributed by atoms with Crippen LogP contribution in [-0.2, 0) is 0 Å².